The van der Waals surface area contributed by atoms with Crippen LogP contribution in [0.25, 0.3) is 0 Å². The summed E-state index contributed by atoms with van der Waals surface area (Å²) in [7, 11) is 0. The largest absolute Gasteiger partial charge is 0.452 e. The molecule has 2 rings (SSSR count). The van der Waals surface area contributed by atoms with Crippen molar-refractivity contribution in [3.05, 3.63) is 59.1 Å². The number of ketones is 1. The lowest BCUT2D eigenvalue weighted by molar-refractivity contribution is -0.152. The van der Waals surface area contributed by atoms with E-state index >= 15 is 0 Å². The van der Waals surface area contributed by atoms with Gasteiger partial charge in [0.05, 0.1) is 0 Å². The molecule has 0 radical (unpaired) electrons. The molecule has 0 aliphatic carbocycles. The first-order chi connectivity index (χ1) is 12.8. The molecule has 0 spiro atoms. The third-order valence-electron chi connectivity index (χ3n) is 3.66. The number of carbonyl (C=O) groups excluding carboxylic acids is 3. The number of carbonyl (C=O) groups is 3. The number of benzene rings is 2. The fourth-order valence-electron chi connectivity index (χ4n) is 2.15. The molecule has 0 aliphatic heterocycles. The van der Waals surface area contributed by atoms with E-state index in [0.29, 0.717) is 16.3 Å². The summed E-state index contributed by atoms with van der Waals surface area (Å²) in [6.45, 7) is 4.66. The van der Waals surface area contributed by atoms with Gasteiger partial charge in [-0.15, -0.1) is 11.8 Å². The second kappa shape index (κ2) is 9.58. The van der Waals surface area contributed by atoms with Crippen molar-refractivity contribution in [1.29, 1.82) is 0 Å². The number of esters is 1. The van der Waals surface area contributed by atoms with E-state index in [2.05, 4.69) is 5.32 Å². The molecule has 2 aromatic carbocycles. The molecular weight excluding hydrogens is 386 g/mol. The number of halogens is 1. The van der Waals surface area contributed by atoms with Crippen molar-refractivity contribution >= 4 is 46.7 Å². The van der Waals surface area contributed by atoms with Crippen LogP contribution in [0.2, 0.25) is 5.02 Å². The summed E-state index contributed by atoms with van der Waals surface area (Å²) in [5, 5.41) is 2.78. The molecule has 0 bridgehead atoms. The Labute approximate surface area is 167 Å². The standard InChI is InChI=1S/C20H20ClNO4S/c1-12(23)15-5-4-6-17(11-15)22-19(24)13(2)26-20(25)14(3)27-18-9-7-16(21)8-10-18/h4-11,13-14H,1-3H3,(H,22,24)/t13-,14-/m1/s1. The van der Waals surface area contributed by atoms with E-state index in [4.69, 9.17) is 16.3 Å². The summed E-state index contributed by atoms with van der Waals surface area (Å²) in [5.41, 5.74) is 0.963. The van der Waals surface area contributed by atoms with E-state index in [-0.39, 0.29) is 5.78 Å². The topological polar surface area (TPSA) is 72.5 Å². The Hall–Kier alpha value is -2.31. The molecule has 0 unspecified atom stereocenters. The Balaban J connectivity index is 1.90. The highest BCUT2D eigenvalue weighted by atomic mass is 35.5. The molecule has 1 amide bonds. The van der Waals surface area contributed by atoms with Gasteiger partial charge in [-0.2, -0.15) is 0 Å². The van der Waals surface area contributed by atoms with E-state index in [1.807, 2.05) is 12.1 Å². The van der Waals surface area contributed by atoms with Gasteiger partial charge >= 0.3 is 5.97 Å². The number of amides is 1. The second-order valence-electron chi connectivity index (χ2n) is 5.92. The maximum atomic E-state index is 12.3. The van der Waals surface area contributed by atoms with Crippen molar-refractivity contribution in [2.75, 3.05) is 5.32 Å². The van der Waals surface area contributed by atoms with Crippen molar-refractivity contribution < 1.29 is 19.1 Å². The van der Waals surface area contributed by atoms with E-state index in [1.165, 1.54) is 25.6 Å². The molecular formula is C20H20ClNO4S. The fourth-order valence-corrected chi connectivity index (χ4v) is 3.13. The lowest BCUT2D eigenvalue weighted by Gasteiger charge is -2.16. The third kappa shape index (κ3) is 6.41. The molecule has 27 heavy (non-hydrogen) atoms. The van der Waals surface area contributed by atoms with Gasteiger partial charge in [-0.3, -0.25) is 14.4 Å². The molecule has 0 saturated carbocycles. The molecule has 0 saturated heterocycles. The van der Waals surface area contributed by atoms with Crippen LogP contribution in [0.15, 0.2) is 53.4 Å². The summed E-state index contributed by atoms with van der Waals surface area (Å²) in [6, 6.07) is 13.7. The highest BCUT2D eigenvalue weighted by Crippen LogP contribution is 2.25. The first-order valence-electron chi connectivity index (χ1n) is 8.31. The molecule has 0 fully saturated rings. The van der Waals surface area contributed by atoms with E-state index in [9.17, 15) is 14.4 Å². The molecule has 2 atom stereocenters. The molecule has 0 aromatic heterocycles. The normalized spacial score (nSPS) is 12.7. The number of ether oxygens (including phenoxy) is 1. The van der Waals surface area contributed by atoms with Gasteiger partial charge in [0.1, 0.15) is 5.25 Å². The van der Waals surface area contributed by atoms with Gasteiger partial charge < -0.3 is 10.1 Å². The minimum Gasteiger partial charge on any atom is -0.452 e. The average Bonchev–Trinajstić information content (AvgIpc) is 2.63. The van der Waals surface area contributed by atoms with Crippen molar-refractivity contribution in [3.63, 3.8) is 0 Å². The van der Waals surface area contributed by atoms with Crippen molar-refractivity contribution in [2.45, 2.75) is 37.0 Å². The highest BCUT2D eigenvalue weighted by molar-refractivity contribution is 8.00. The first-order valence-corrected chi connectivity index (χ1v) is 9.56. The van der Waals surface area contributed by atoms with Crippen LogP contribution in [-0.2, 0) is 14.3 Å². The molecule has 1 N–H and O–H groups in total. The average molecular weight is 406 g/mol. The summed E-state index contributed by atoms with van der Waals surface area (Å²) in [5.74, 6) is -1.05. The minimum atomic E-state index is -0.966. The molecule has 7 heteroatoms. The first kappa shape index (κ1) is 21.0. The van der Waals surface area contributed by atoms with Crippen LogP contribution in [0, 0.1) is 0 Å². The van der Waals surface area contributed by atoms with Gasteiger partial charge in [0, 0.05) is 21.2 Å². The van der Waals surface area contributed by atoms with Crippen molar-refractivity contribution in [2.24, 2.45) is 0 Å². The van der Waals surface area contributed by atoms with Gasteiger partial charge in [0.25, 0.3) is 5.91 Å². The number of Topliss-reactive ketones (excluding diaryl/α,β-unsaturated/α-hetero) is 1. The van der Waals surface area contributed by atoms with E-state index in [1.54, 1.807) is 43.3 Å². The fraction of sp³-hybridized carbons (Fsp3) is 0.250. The van der Waals surface area contributed by atoms with Crippen LogP contribution in [0.5, 0.6) is 0 Å². The summed E-state index contributed by atoms with van der Waals surface area (Å²) < 4.78 is 5.25. The molecule has 5 nitrogen and oxygen atoms in total. The molecule has 142 valence electrons. The SMILES string of the molecule is CC(=O)c1cccc(NC(=O)[C@@H](C)OC(=O)[C@@H](C)Sc2ccc(Cl)cc2)c1. The van der Waals surface area contributed by atoms with Crippen LogP contribution >= 0.6 is 23.4 Å². The Morgan fingerprint density at radius 3 is 2.37 bits per heavy atom. The van der Waals surface area contributed by atoms with Crippen LogP contribution in [0.3, 0.4) is 0 Å². The zero-order chi connectivity index (χ0) is 20.0. The van der Waals surface area contributed by atoms with Crippen LogP contribution < -0.4 is 5.32 Å². The Bertz CT molecular complexity index is 838. The Morgan fingerprint density at radius 1 is 1.07 bits per heavy atom. The lowest BCUT2D eigenvalue weighted by Crippen LogP contribution is -2.32. The van der Waals surface area contributed by atoms with Gasteiger partial charge in [0.2, 0.25) is 0 Å². The zero-order valence-electron chi connectivity index (χ0n) is 15.2. The number of rotatable bonds is 7. The number of nitrogens with one attached hydrogen (secondary N) is 1. The molecule has 0 aliphatic rings. The van der Waals surface area contributed by atoms with Crippen molar-refractivity contribution in [1.82, 2.24) is 0 Å². The summed E-state index contributed by atoms with van der Waals surface area (Å²) >= 11 is 7.16. The van der Waals surface area contributed by atoms with Gasteiger partial charge in [-0.05, 0) is 57.2 Å². The maximum Gasteiger partial charge on any atom is 0.319 e. The monoisotopic (exact) mass is 405 g/mol. The predicted molar refractivity (Wildman–Crippen MR) is 107 cm³/mol. The quantitative estimate of drug-likeness (QED) is 0.414. The van der Waals surface area contributed by atoms with Gasteiger partial charge in [0.15, 0.2) is 11.9 Å². The number of thioether (sulfide) groups is 1. The Morgan fingerprint density at radius 2 is 1.74 bits per heavy atom. The second-order valence-corrected chi connectivity index (χ2v) is 7.77. The smallest absolute Gasteiger partial charge is 0.319 e. The van der Waals surface area contributed by atoms with Gasteiger partial charge in [-0.25, -0.2) is 0 Å². The molecule has 0 heterocycles. The van der Waals surface area contributed by atoms with E-state index in [0.717, 1.165) is 4.90 Å². The maximum absolute atomic E-state index is 12.3. The van der Waals surface area contributed by atoms with E-state index < -0.39 is 23.2 Å². The van der Waals surface area contributed by atoms with Crippen LogP contribution in [-0.4, -0.2) is 29.0 Å². The number of hydrogen-bond donors (Lipinski definition) is 1. The predicted octanol–water partition coefficient (Wildman–Crippen LogP) is 4.59. The third-order valence-corrected chi connectivity index (χ3v) is 5.00. The molecule has 2 aromatic rings. The zero-order valence-corrected chi connectivity index (χ0v) is 16.8. The van der Waals surface area contributed by atoms with Crippen LogP contribution in [0.4, 0.5) is 5.69 Å². The van der Waals surface area contributed by atoms with Crippen molar-refractivity contribution in [3.8, 4) is 0 Å². The number of anilines is 1. The van der Waals surface area contributed by atoms with Gasteiger partial charge in [-0.1, -0.05) is 23.7 Å². The summed E-state index contributed by atoms with van der Waals surface area (Å²) in [4.78, 5) is 36.8. The van der Waals surface area contributed by atoms with Crippen LogP contribution in [0.1, 0.15) is 31.1 Å². The summed E-state index contributed by atoms with van der Waals surface area (Å²) in [6.07, 6.45) is -0.966. The Kier molecular flexibility index (Phi) is 7.45. The lowest BCUT2D eigenvalue weighted by atomic mass is 10.1. The highest BCUT2D eigenvalue weighted by Gasteiger charge is 2.23. The minimum absolute atomic E-state index is 0.0985. The number of hydrogen-bond acceptors (Lipinski definition) is 5.